The summed E-state index contributed by atoms with van der Waals surface area (Å²) >= 11 is 0. The van der Waals surface area contributed by atoms with E-state index in [2.05, 4.69) is 4.98 Å². The van der Waals surface area contributed by atoms with Crippen LogP contribution in [-0.2, 0) is 11.2 Å². The minimum atomic E-state index is -0.893. The molecule has 82 valence electrons. The highest BCUT2D eigenvalue weighted by Crippen LogP contribution is 2.24. The molecule has 0 aliphatic heterocycles. The van der Waals surface area contributed by atoms with Gasteiger partial charge in [0.2, 0.25) is 0 Å². The Balaban J connectivity index is 2.34. The molecular formula is C12H11NO3. The van der Waals surface area contributed by atoms with Crippen molar-refractivity contribution in [3.8, 4) is 11.3 Å². The van der Waals surface area contributed by atoms with Crippen molar-refractivity contribution in [2.75, 3.05) is 0 Å². The zero-order valence-corrected chi connectivity index (χ0v) is 8.80. The first-order valence-electron chi connectivity index (χ1n) is 4.88. The summed E-state index contributed by atoms with van der Waals surface area (Å²) in [5.41, 5.74) is 1.70. The summed E-state index contributed by atoms with van der Waals surface area (Å²) in [6, 6.07) is 5.51. The van der Waals surface area contributed by atoms with Crippen molar-refractivity contribution in [3.63, 3.8) is 0 Å². The molecule has 0 fully saturated rings. The summed E-state index contributed by atoms with van der Waals surface area (Å²) in [5, 5.41) is 8.70. The van der Waals surface area contributed by atoms with Gasteiger partial charge in [0.15, 0.2) is 0 Å². The van der Waals surface area contributed by atoms with Gasteiger partial charge in [-0.3, -0.25) is 9.78 Å². The monoisotopic (exact) mass is 217 g/mol. The third kappa shape index (κ3) is 2.11. The second-order valence-corrected chi connectivity index (χ2v) is 3.53. The SMILES string of the molecule is Cc1cc(-c2cccnc2)oc1CC(=O)O. The summed E-state index contributed by atoms with van der Waals surface area (Å²) in [6.07, 6.45) is 3.27. The van der Waals surface area contributed by atoms with E-state index in [1.54, 1.807) is 12.4 Å². The number of furan rings is 1. The first kappa shape index (κ1) is 10.4. The van der Waals surface area contributed by atoms with Crippen LogP contribution in [0.15, 0.2) is 35.0 Å². The van der Waals surface area contributed by atoms with E-state index >= 15 is 0 Å². The van der Waals surface area contributed by atoms with Gasteiger partial charge in [0.05, 0.1) is 0 Å². The average Bonchev–Trinajstić information content (AvgIpc) is 2.61. The van der Waals surface area contributed by atoms with Crippen molar-refractivity contribution < 1.29 is 14.3 Å². The summed E-state index contributed by atoms with van der Waals surface area (Å²) in [5.74, 6) is 0.253. The molecule has 2 aromatic heterocycles. The second-order valence-electron chi connectivity index (χ2n) is 3.53. The van der Waals surface area contributed by atoms with Crippen molar-refractivity contribution in [1.82, 2.24) is 4.98 Å². The number of carbonyl (C=O) groups is 1. The standard InChI is InChI=1S/C12H11NO3/c1-8-5-11(9-3-2-4-13-7-9)16-10(8)6-12(14)15/h2-5,7H,6H2,1H3,(H,14,15). The molecule has 0 saturated carbocycles. The van der Waals surface area contributed by atoms with Crippen molar-refractivity contribution >= 4 is 5.97 Å². The van der Waals surface area contributed by atoms with E-state index in [0.717, 1.165) is 11.1 Å². The van der Waals surface area contributed by atoms with Gasteiger partial charge in [0, 0.05) is 18.0 Å². The lowest BCUT2D eigenvalue weighted by atomic mass is 10.2. The van der Waals surface area contributed by atoms with Gasteiger partial charge >= 0.3 is 5.97 Å². The third-order valence-electron chi connectivity index (χ3n) is 2.28. The fraction of sp³-hybridized carbons (Fsp3) is 0.167. The van der Waals surface area contributed by atoms with Gasteiger partial charge in [-0.1, -0.05) is 0 Å². The first-order chi connectivity index (χ1) is 7.66. The quantitative estimate of drug-likeness (QED) is 0.856. The Morgan fingerprint density at radius 2 is 2.38 bits per heavy atom. The molecule has 0 atom stereocenters. The molecule has 0 spiro atoms. The number of aromatic nitrogens is 1. The lowest BCUT2D eigenvalue weighted by Crippen LogP contribution is -1.99. The smallest absolute Gasteiger partial charge is 0.311 e. The maximum absolute atomic E-state index is 10.6. The molecule has 2 aromatic rings. The first-order valence-corrected chi connectivity index (χ1v) is 4.88. The topological polar surface area (TPSA) is 63.3 Å². The minimum absolute atomic E-state index is 0.0912. The molecule has 0 unspecified atom stereocenters. The number of aryl methyl sites for hydroxylation is 1. The Labute approximate surface area is 92.6 Å². The van der Waals surface area contributed by atoms with Crippen LogP contribution >= 0.6 is 0 Å². The highest BCUT2D eigenvalue weighted by atomic mass is 16.4. The molecular weight excluding hydrogens is 206 g/mol. The maximum atomic E-state index is 10.6. The van der Waals surface area contributed by atoms with Crippen molar-refractivity contribution in [2.45, 2.75) is 13.3 Å². The van der Waals surface area contributed by atoms with E-state index in [4.69, 9.17) is 9.52 Å². The van der Waals surface area contributed by atoms with Gasteiger partial charge in [-0.15, -0.1) is 0 Å². The molecule has 0 amide bonds. The van der Waals surface area contributed by atoms with E-state index in [9.17, 15) is 4.79 Å². The van der Waals surface area contributed by atoms with Gasteiger partial charge in [-0.05, 0) is 30.7 Å². The van der Waals surface area contributed by atoms with Crippen molar-refractivity contribution in [2.24, 2.45) is 0 Å². The van der Waals surface area contributed by atoms with Gasteiger partial charge < -0.3 is 9.52 Å². The number of nitrogens with zero attached hydrogens (tertiary/aromatic N) is 1. The number of hydrogen-bond donors (Lipinski definition) is 1. The van der Waals surface area contributed by atoms with E-state index < -0.39 is 5.97 Å². The predicted molar refractivity (Wildman–Crippen MR) is 58.0 cm³/mol. The van der Waals surface area contributed by atoms with Crippen molar-refractivity contribution in [1.29, 1.82) is 0 Å². The van der Waals surface area contributed by atoms with E-state index in [1.807, 2.05) is 25.1 Å². The molecule has 0 aromatic carbocycles. The van der Waals surface area contributed by atoms with Crippen LogP contribution in [0.2, 0.25) is 0 Å². The number of aliphatic carboxylic acids is 1. The van der Waals surface area contributed by atoms with Crippen LogP contribution in [0.25, 0.3) is 11.3 Å². The van der Waals surface area contributed by atoms with E-state index in [-0.39, 0.29) is 6.42 Å². The zero-order chi connectivity index (χ0) is 11.5. The number of rotatable bonds is 3. The van der Waals surface area contributed by atoms with Crippen LogP contribution in [0.3, 0.4) is 0 Å². The van der Waals surface area contributed by atoms with Crippen molar-refractivity contribution in [3.05, 3.63) is 41.9 Å². The molecule has 4 heteroatoms. The number of pyridine rings is 1. The van der Waals surface area contributed by atoms with Crippen LogP contribution in [0.1, 0.15) is 11.3 Å². The normalized spacial score (nSPS) is 10.3. The molecule has 2 rings (SSSR count). The maximum Gasteiger partial charge on any atom is 0.311 e. The fourth-order valence-corrected chi connectivity index (χ4v) is 1.48. The zero-order valence-electron chi connectivity index (χ0n) is 8.80. The molecule has 2 heterocycles. The minimum Gasteiger partial charge on any atom is -0.481 e. The van der Waals surface area contributed by atoms with Gasteiger partial charge in [0.1, 0.15) is 17.9 Å². The lowest BCUT2D eigenvalue weighted by molar-refractivity contribution is -0.136. The highest BCUT2D eigenvalue weighted by molar-refractivity contribution is 5.70. The van der Waals surface area contributed by atoms with E-state index in [0.29, 0.717) is 11.5 Å². The molecule has 0 saturated heterocycles. The molecule has 4 nitrogen and oxygen atoms in total. The van der Waals surface area contributed by atoms with Crippen LogP contribution in [0.4, 0.5) is 0 Å². The largest absolute Gasteiger partial charge is 0.481 e. The van der Waals surface area contributed by atoms with Gasteiger partial charge in [-0.25, -0.2) is 0 Å². The number of hydrogen-bond acceptors (Lipinski definition) is 3. The van der Waals surface area contributed by atoms with Crippen LogP contribution in [-0.4, -0.2) is 16.1 Å². The molecule has 0 aliphatic rings. The Hall–Kier alpha value is -2.10. The summed E-state index contributed by atoms with van der Waals surface area (Å²) < 4.78 is 5.49. The summed E-state index contributed by atoms with van der Waals surface area (Å²) in [6.45, 7) is 1.83. The average molecular weight is 217 g/mol. The highest BCUT2D eigenvalue weighted by Gasteiger charge is 2.12. The Bertz CT molecular complexity index is 502. The van der Waals surface area contributed by atoms with Crippen LogP contribution < -0.4 is 0 Å². The summed E-state index contributed by atoms with van der Waals surface area (Å²) in [4.78, 5) is 14.6. The molecule has 0 bridgehead atoms. The fourth-order valence-electron chi connectivity index (χ4n) is 1.48. The lowest BCUT2D eigenvalue weighted by Gasteiger charge is -1.95. The molecule has 0 radical (unpaired) electrons. The molecule has 0 aliphatic carbocycles. The van der Waals surface area contributed by atoms with Gasteiger partial charge in [-0.2, -0.15) is 0 Å². The molecule has 16 heavy (non-hydrogen) atoms. The molecule has 1 N–H and O–H groups in total. The predicted octanol–water partition coefficient (Wildman–Crippen LogP) is 2.28. The number of carboxylic acid groups (broad SMARTS) is 1. The Kier molecular flexibility index (Phi) is 2.72. The van der Waals surface area contributed by atoms with Crippen LogP contribution in [0, 0.1) is 6.92 Å². The Morgan fingerprint density at radius 1 is 1.56 bits per heavy atom. The Morgan fingerprint density at radius 3 is 3.00 bits per heavy atom. The van der Waals surface area contributed by atoms with Gasteiger partial charge in [0.25, 0.3) is 0 Å². The third-order valence-corrected chi connectivity index (χ3v) is 2.28. The van der Waals surface area contributed by atoms with E-state index in [1.165, 1.54) is 0 Å². The summed E-state index contributed by atoms with van der Waals surface area (Å²) in [7, 11) is 0. The van der Waals surface area contributed by atoms with Crippen LogP contribution in [0.5, 0.6) is 0 Å². The second kappa shape index (κ2) is 4.18. The number of carboxylic acids is 1.